The maximum atomic E-state index is 13.1. The Bertz CT molecular complexity index is 550. The van der Waals surface area contributed by atoms with E-state index in [1.54, 1.807) is 11.4 Å². The lowest BCUT2D eigenvalue weighted by Crippen LogP contribution is -2.11. The Morgan fingerprint density at radius 3 is 2.71 bits per heavy atom. The molecule has 6 heteroatoms. The van der Waals surface area contributed by atoms with Crippen molar-refractivity contribution in [1.29, 1.82) is 0 Å². The number of carbonyl (C=O) groups is 1. The number of halogens is 2. The number of benzene rings is 1. The number of nitrogen functional groups attached to an aromatic ring is 1. The Labute approximate surface area is 115 Å². The van der Waals surface area contributed by atoms with Gasteiger partial charge in [-0.2, -0.15) is 0 Å². The summed E-state index contributed by atoms with van der Waals surface area (Å²) < 4.78 is 14.1. The monoisotopic (exact) mass is 362 g/mol. The third-order valence-corrected chi connectivity index (χ3v) is 3.80. The molecule has 0 spiro atoms. The first-order chi connectivity index (χ1) is 8.04. The number of nitrogens with two attached hydrogens (primary N) is 1. The molecule has 0 aliphatic carbocycles. The summed E-state index contributed by atoms with van der Waals surface area (Å²) >= 11 is 3.61. The number of carbonyl (C=O) groups excluding carboxylic acids is 1. The van der Waals surface area contributed by atoms with Crippen molar-refractivity contribution in [3.63, 3.8) is 0 Å². The quantitative estimate of drug-likeness (QED) is 0.636. The van der Waals surface area contributed by atoms with E-state index >= 15 is 0 Å². The minimum Gasteiger partial charge on any atom is -0.399 e. The van der Waals surface area contributed by atoms with Crippen molar-refractivity contribution in [2.45, 2.75) is 0 Å². The highest BCUT2D eigenvalue weighted by molar-refractivity contribution is 14.1. The zero-order chi connectivity index (χ0) is 12.4. The van der Waals surface area contributed by atoms with Gasteiger partial charge in [-0.3, -0.25) is 4.79 Å². The third-order valence-electron chi connectivity index (χ3n) is 2.01. The second kappa shape index (κ2) is 5.01. The van der Waals surface area contributed by atoms with Gasteiger partial charge in [-0.1, -0.05) is 0 Å². The fourth-order valence-corrected chi connectivity index (χ4v) is 2.64. The Kier molecular flexibility index (Phi) is 3.63. The lowest BCUT2D eigenvalue weighted by molar-refractivity contribution is 0.102. The zero-order valence-corrected chi connectivity index (χ0v) is 11.5. The minimum atomic E-state index is -0.472. The molecule has 2 aromatic rings. The van der Waals surface area contributed by atoms with E-state index in [0.29, 0.717) is 11.3 Å². The van der Waals surface area contributed by atoms with Crippen molar-refractivity contribution in [3.8, 4) is 0 Å². The Balaban J connectivity index is 2.18. The fourth-order valence-electron chi connectivity index (χ4n) is 1.32. The van der Waals surface area contributed by atoms with Crippen molar-refractivity contribution in [2.75, 3.05) is 11.1 Å². The van der Waals surface area contributed by atoms with Crippen LogP contribution in [-0.2, 0) is 0 Å². The van der Waals surface area contributed by atoms with Crippen LogP contribution in [0, 0.1) is 8.70 Å². The summed E-state index contributed by atoms with van der Waals surface area (Å²) in [7, 11) is 0. The van der Waals surface area contributed by atoms with Crippen LogP contribution in [0.3, 0.4) is 0 Å². The van der Waals surface area contributed by atoms with Gasteiger partial charge in [0.15, 0.2) is 0 Å². The smallest absolute Gasteiger partial charge is 0.256 e. The number of nitrogens with one attached hydrogen (secondary N) is 1. The molecular formula is C11H8FIN2OS. The third kappa shape index (κ3) is 3.16. The van der Waals surface area contributed by atoms with E-state index in [4.69, 9.17) is 5.73 Å². The van der Waals surface area contributed by atoms with Gasteiger partial charge < -0.3 is 11.1 Å². The van der Waals surface area contributed by atoms with Crippen LogP contribution in [0.1, 0.15) is 10.4 Å². The van der Waals surface area contributed by atoms with Gasteiger partial charge in [0.05, 0.1) is 8.45 Å². The van der Waals surface area contributed by atoms with Gasteiger partial charge in [0.25, 0.3) is 5.91 Å². The molecule has 2 rings (SSSR count). The lowest BCUT2D eigenvalue weighted by Gasteiger charge is -2.05. The number of rotatable bonds is 2. The molecule has 0 atom stereocenters. The SMILES string of the molecule is Nc1cc(F)cc(NC(=O)c2csc(I)c2)c1. The van der Waals surface area contributed by atoms with Crippen LogP contribution in [0.25, 0.3) is 0 Å². The van der Waals surface area contributed by atoms with Gasteiger partial charge in [-0.15, -0.1) is 11.3 Å². The fraction of sp³-hybridized carbons (Fsp3) is 0. The second-order valence-corrected chi connectivity index (χ2v) is 6.17. The summed E-state index contributed by atoms with van der Waals surface area (Å²) in [5, 5.41) is 4.35. The molecule has 88 valence electrons. The molecule has 0 aliphatic rings. The van der Waals surface area contributed by atoms with Crippen molar-refractivity contribution in [1.82, 2.24) is 0 Å². The van der Waals surface area contributed by atoms with E-state index in [1.807, 2.05) is 0 Å². The van der Waals surface area contributed by atoms with E-state index < -0.39 is 5.82 Å². The molecule has 17 heavy (non-hydrogen) atoms. The van der Waals surface area contributed by atoms with Gasteiger partial charge in [0, 0.05) is 16.8 Å². The van der Waals surface area contributed by atoms with Gasteiger partial charge in [-0.05, 0) is 46.9 Å². The molecule has 1 aromatic carbocycles. The van der Waals surface area contributed by atoms with E-state index in [1.165, 1.54) is 29.5 Å². The molecular weight excluding hydrogens is 354 g/mol. The highest BCUT2D eigenvalue weighted by Gasteiger charge is 2.09. The average molecular weight is 362 g/mol. The van der Waals surface area contributed by atoms with Crippen LogP contribution in [0.4, 0.5) is 15.8 Å². The first-order valence-corrected chi connectivity index (χ1v) is 6.62. The number of amides is 1. The van der Waals surface area contributed by atoms with Crippen molar-refractivity contribution in [3.05, 3.63) is 43.9 Å². The van der Waals surface area contributed by atoms with Crippen LogP contribution in [0.2, 0.25) is 0 Å². The highest BCUT2D eigenvalue weighted by atomic mass is 127. The topological polar surface area (TPSA) is 55.1 Å². The molecule has 0 aliphatic heterocycles. The van der Waals surface area contributed by atoms with Gasteiger partial charge in [0.1, 0.15) is 5.82 Å². The molecule has 0 fully saturated rings. The number of thiophene rings is 1. The molecule has 0 saturated heterocycles. The molecule has 0 bridgehead atoms. The summed E-state index contributed by atoms with van der Waals surface area (Å²) in [5.41, 5.74) is 6.68. The van der Waals surface area contributed by atoms with Crippen LogP contribution in [0.5, 0.6) is 0 Å². The van der Waals surface area contributed by atoms with Gasteiger partial charge >= 0.3 is 0 Å². The molecule has 1 aromatic heterocycles. The van der Waals surface area contributed by atoms with Crippen LogP contribution in [0.15, 0.2) is 29.6 Å². The van der Waals surface area contributed by atoms with Crippen molar-refractivity contribution >= 4 is 51.2 Å². The van der Waals surface area contributed by atoms with Crippen LogP contribution >= 0.6 is 33.9 Å². The van der Waals surface area contributed by atoms with Crippen LogP contribution in [-0.4, -0.2) is 5.91 Å². The Morgan fingerprint density at radius 1 is 1.35 bits per heavy atom. The first-order valence-electron chi connectivity index (χ1n) is 4.66. The second-order valence-electron chi connectivity index (χ2n) is 3.37. The van der Waals surface area contributed by atoms with E-state index in [-0.39, 0.29) is 11.6 Å². The highest BCUT2D eigenvalue weighted by Crippen LogP contribution is 2.19. The standard InChI is InChI=1S/C11H8FIN2OS/c12-7-2-8(14)4-9(3-7)15-11(16)6-1-10(13)17-5-6/h1-5H,14H2,(H,15,16). The van der Waals surface area contributed by atoms with Gasteiger partial charge in [0.2, 0.25) is 0 Å². The lowest BCUT2D eigenvalue weighted by atomic mass is 10.2. The van der Waals surface area contributed by atoms with E-state index in [2.05, 4.69) is 27.9 Å². The molecule has 0 saturated carbocycles. The zero-order valence-electron chi connectivity index (χ0n) is 8.54. The maximum Gasteiger partial charge on any atom is 0.256 e. The molecule has 0 radical (unpaired) electrons. The summed E-state index contributed by atoms with van der Waals surface area (Å²) in [4.78, 5) is 11.8. The van der Waals surface area contributed by atoms with Crippen molar-refractivity contribution < 1.29 is 9.18 Å². The van der Waals surface area contributed by atoms with E-state index in [0.717, 1.165) is 2.88 Å². The Hall–Kier alpha value is -1.15. The molecule has 3 nitrogen and oxygen atoms in total. The maximum absolute atomic E-state index is 13.1. The van der Waals surface area contributed by atoms with Crippen molar-refractivity contribution in [2.24, 2.45) is 0 Å². The molecule has 0 unspecified atom stereocenters. The minimum absolute atomic E-state index is 0.269. The van der Waals surface area contributed by atoms with E-state index in [9.17, 15) is 9.18 Å². The number of anilines is 2. The largest absolute Gasteiger partial charge is 0.399 e. The summed E-state index contributed by atoms with van der Waals surface area (Å²) in [6, 6.07) is 5.70. The summed E-state index contributed by atoms with van der Waals surface area (Å²) in [5.74, 6) is -0.741. The predicted octanol–water partition coefficient (Wildman–Crippen LogP) is 3.33. The summed E-state index contributed by atoms with van der Waals surface area (Å²) in [6.07, 6.45) is 0. The first kappa shape index (κ1) is 12.3. The van der Waals surface area contributed by atoms with Crippen LogP contribution < -0.4 is 11.1 Å². The Morgan fingerprint density at radius 2 is 2.12 bits per heavy atom. The normalized spacial score (nSPS) is 10.2. The molecule has 1 amide bonds. The predicted molar refractivity (Wildman–Crippen MR) is 75.8 cm³/mol. The molecule has 3 N–H and O–H groups in total. The number of hydrogen-bond acceptors (Lipinski definition) is 3. The molecule has 1 heterocycles. The average Bonchev–Trinajstić information content (AvgIpc) is 2.63. The summed E-state index contributed by atoms with van der Waals surface area (Å²) in [6.45, 7) is 0. The van der Waals surface area contributed by atoms with Gasteiger partial charge in [-0.25, -0.2) is 4.39 Å². The number of hydrogen-bond donors (Lipinski definition) is 2.